The van der Waals surface area contributed by atoms with Gasteiger partial charge in [0.25, 0.3) is 0 Å². The Bertz CT molecular complexity index is 932. The van der Waals surface area contributed by atoms with Crippen LogP contribution in [0.25, 0.3) is 0 Å². The molecule has 0 aliphatic heterocycles. The molecular formula is C19H23FN2O5S. The fraction of sp³-hybridized carbons (Fsp3) is 0.316. The standard InChI is InChI=1S/C19H23FN2O5S/c1-13(14-5-7-15(20)8-6-14)21-19(23)12-22(2)28(24,25)18-11-16(26-3)9-10-17(18)27-4/h5-11,13H,12H2,1-4H3,(H,21,23)/t13-/m0/s1. The highest BCUT2D eigenvalue weighted by atomic mass is 32.2. The number of rotatable bonds is 8. The van der Waals surface area contributed by atoms with E-state index in [0.29, 0.717) is 11.3 Å². The van der Waals surface area contributed by atoms with Crippen LogP contribution in [0.1, 0.15) is 18.5 Å². The minimum absolute atomic E-state index is 0.101. The normalized spacial score (nSPS) is 12.5. The summed E-state index contributed by atoms with van der Waals surface area (Å²) < 4.78 is 49.9. The third-order valence-corrected chi connectivity index (χ3v) is 6.00. The summed E-state index contributed by atoms with van der Waals surface area (Å²) in [6, 6.07) is 9.70. The number of carbonyl (C=O) groups is 1. The van der Waals surface area contributed by atoms with Crippen LogP contribution in [0.4, 0.5) is 4.39 Å². The second-order valence-electron chi connectivity index (χ2n) is 6.12. The Morgan fingerprint density at radius 2 is 1.79 bits per heavy atom. The monoisotopic (exact) mass is 410 g/mol. The fourth-order valence-corrected chi connectivity index (χ4v) is 3.86. The number of amides is 1. The zero-order valence-electron chi connectivity index (χ0n) is 16.1. The van der Waals surface area contributed by atoms with Gasteiger partial charge in [-0.15, -0.1) is 0 Å². The number of nitrogens with one attached hydrogen (secondary N) is 1. The van der Waals surface area contributed by atoms with Crippen LogP contribution < -0.4 is 14.8 Å². The molecule has 0 fully saturated rings. The van der Waals surface area contributed by atoms with E-state index < -0.39 is 28.5 Å². The van der Waals surface area contributed by atoms with Gasteiger partial charge in [-0.1, -0.05) is 12.1 Å². The Morgan fingerprint density at radius 3 is 2.36 bits per heavy atom. The minimum atomic E-state index is -4.00. The van der Waals surface area contributed by atoms with Gasteiger partial charge in [-0.25, -0.2) is 12.8 Å². The van der Waals surface area contributed by atoms with Crippen LogP contribution in [0.2, 0.25) is 0 Å². The largest absolute Gasteiger partial charge is 0.497 e. The molecule has 2 aromatic carbocycles. The number of sulfonamides is 1. The van der Waals surface area contributed by atoms with Crippen LogP contribution in [0.5, 0.6) is 11.5 Å². The minimum Gasteiger partial charge on any atom is -0.497 e. The summed E-state index contributed by atoms with van der Waals surface area (Å²) in [5.74, 6) is -0.375. The number of halogens is 1. The molecular weight excluding hydrogens is 387 g/mol. The topological polar surface area (TPSA) is 84.9 Å². The summed E-state index contributed by atoms with van der Waals surface area (Å²) in [5.41, 5.74) is 0.703. The van der Waals surface area contributed by atoms with Gasteiger partial charge in [-0.2, -0.15) is 4.31 Å². The van der Waals surface area contributed by atoms with Crippen molar-refractivity contribution in [2.75, 3.05) is 27.8 Å². The van der Waals surface area contributed by atoms with Gasteiger partial charge in [0.15, 0.2) is 0 Å². The smallest absolute Gasteiger partial charge is 0.247 e. The highest BCUT2D eigenvalue weighted by Gasteiger charge is 2.27. The summed E-state index contributed by atoms with van der Waals surface area (Å²) in [5, 5.41) is 2.70. The first-order valence-corrected chi connectivity index (χ1v) is 9.86. The molecule has 152 valence electrons. The predicted octanol–water partition coefficient (Wildman–Crippen LogP) is 2.34. The molecule has 0 aromatic heterocycles. The van der Waals surface area contributed by atoms with E-state index in [1.54, 1.807) is 25.1 Å². The van der Waals surface area contributed by atoms with Crippen molar-refractivity contribution in [3.63, 3.8) is 0 Å². The summed E-state index contributed by atoms with van der Waals surface area (Å²) in [6.07, 6.45) is 0. The first kappa shape index (κ1) is 21.6. The average molecular weight is 410 g/mol. The molecule has 0 heterocycles. The van der Waals surface area contributed by atoms with Gasteiger partial charge in [0.2, 0.25) is 15.9 Å². The average Bonchev–Trinajstić information content (AvgIpc) is 2.67. The van der Waals surface area contributed by atoms with Crippen molar-refractivity contribution in [2.45, 2.75) is 17.9 Å². The molecule has 2 aromatic rings. The summed E-state index contributed by atoms with van der Waals surface area (Å²) in [4.78, 5) is 12.2. The Balaban J connectivity index is 2.13. The summed E-state index contributed by atoms with van der Waals surface area (Å²) in [6.45, 7) is 1.33. The zero-order chi connectivity index (χ0) is 20.9. The third-order valence-electron chi connectivity index (χ3n) is 4.17. The molecule has 0 saturated carbocycles. The van der Waals surface area contributed by atoms with Gasteiger partial charge in [-0.05, 0) is 36.8 Å². The Labute approximate surface area is 164 Å². The van der Waals surface area contributed by atoms with Gasteiger partial charge >= 0.3 is 0 Å². The number of hydrogen-bond acceptors (Lipinski definition) is 5. The van der Waals surface area contributed by atoms with Crippen molar-refractivity contribution in [3.05, 3.63) is 53.8 Å². The van der Waals surface area contributed by atoms with Crippen molar-refractivity contribution in [2.24, 2.45) is 0 Å². The van der Waals surface area contributed by atoms with Crippen LogP contribution in [0, 0.1) is 5.82 Å². The second-order valence-corrected chi connectivity index (χ2v) is 8.13. The fourth-order valence-electron chi connectivity index (χ4n) is 2.56. The molecule has 0 aliphatic carbocycles. The van der Waals surface area contributed by atoms with Crippen LogP contribution in [-0.4, -0.2) is 46.4 Å². The molecule has 1 atom stereocenters. The molecule has 0 spiro atoms. The molecule has 0 aliphatic rings. The maximum absolute atomic E-state index is 13.0. The summed E-state index contributed by atoms with van der Waals surface area (Å²) >= 11 is 0. The highest BCUT2D eigenvalue weighted by Crippen LogP contribution is 2.30. The van der Waals surface area contributed by atoms with Gasteiger partial charge < -0.3 is 14.8 Å². The number of nitrogens with zero attached hydrogens (tertiary/aromatic N) is 1. The van der Waals surface area contributed by atoms with Crippen molar-refractivity contribution in [3.8, 4) is 11.5 Å². The molecule has 0 unspecified atom stereocenters. The van der Waals surface area contributed by atoms with Crippen LogP contribution in [0.3, 0.4) is 0 Å². The van der Waals surface area contributed by atoms with Gasteiger partial charge in [0.05, 0.1) is 26.8 Å². The van der Waals surface area contributed by atoms with E-state index in [9.17, 15) is 17.6 Å². The molecule has 1 N–H and O–H groups in total. The third kappa shape index (κ3) is 4.99. The predicted molar refractivity (Wildman–Crippen MR) is 102 cm³/mol. The van der Waals surface area contributed by atoms with Crippen LogP contribution >= 0.6 is 0 Å². The Hall–Kier alpha value is -2.65. The lowest BCUT2D eigenvalue weighted by Crippen LogP contribution is -2.39. The lowest BCUT2D eigenvalue weighted by Gasteiger charge is -2.20. The van der Waals surface area contributed by atoms with Crippen molar-refractivity contribution >= 4 is 15.9 Å². The SMILES string of the molecule is COc1ccc(OC)c(S(=O)(=O)N(C)CC(=O)N[C@@H](C)c2ccc(F)cc2)c1. The number of benzene rings is 2. The first-order valence-electron chi connectivity index (χ1n) is 8.42. The van der Waals surface area contributed by atoms with E-state index in [1.165, 1.54) is 45.5 Å². The maximum Gasteiger partial charge on any atom is 0.247 e. The first-order chi connectivity index (χ1) is 13.2. The van der Waals surface area contributed by atoms with E-state index in [0.717, 1.165) is 4.31 Å². The van der Waals surface area contributed by atoms with Crippen molar-refractivity contribution in [1.82, 2.24) is 9.62 Å². The van der Waals surface area contributed by atoms with Gasteiger partial charge in [0, 0.05) is 13.1 Å². The Morgan fingerprint density at radius 1 is 1.14 bits per heavy atom. The quantitative estimate of drug-likeness (QED) is 0.722. The summed E-state index contributed by atoms with van der Waals surface area (Å²) in [7, 11) is 0.0863. The molecule has 28 heavy (non-hydrogen) atoms. The number of methoxy groups -OCH3 is 2. The molecule has 7 nitrogen and oxygen atoms in total. The molecule has 2 rings (SSSR count). The lowest BCUT2D eigenvalue weighted by atomic mass is 10.1. The maximum atomic E-state index is 13.0. The van der Waals surface area contributed by atoms with Crippen LogP contribution in [0.15, 0.2) is 47.4 Å². The van der Waals surface area contributed by atoms with E-state index >= 15 is 0 Å². The molecule has 9 heteroatoms. The Kier molecular flexibility index (Phi) is 6.98. The van der Waals surface area contributed by atoms with Crippen molar-refractivity contribution in [1.29, 1.82) is 0 Å². The molecule has 0 bridgehead atoms. The number of carbonyl (C=O) groups excluding carboxylic acids is 1. The van der Waals surface area contributed by atoms with E-state index in [-0.39, 0.29) is 16.5 Å². The number of ether oxygens (including phenoxy) is 2. The lowest BCUT2D eigenvalue weighted by molar-refractivity contribution is -0.121. The molecule has 0 saturated heterocycles. The number of hydrogen-bond donors (Lipinski definition) is 1. The second kappa shape index (κ2) is 9.03. The molecule has 0 radical (unpaired) electrons. The van der Waals surface area contributed by atoms with Gasteiger partial charge in [-0.3, -0.25) is 4.79 Å². The van der Waals surface area contributed by atoms with Crippen LogP contribution in [-0.2, 0) is 14.8 Å². The van der Waals surface area contributed by atoms with Crippen molar-refractivity contribution < 1.29 is 27.1 Å². The van der Waals surface area contributed by atoms with E-state index in [1.807, 2.05) is 0 Å². The zero-order valence-corrected chi connectivity index (χ0v) is 16.9. The van der Waals surface area contributed by atoms with E-state index in [4.69, 9.17) is 9.47 Å². The van der Waals surface area contributed by atoms with Gasteiger partial charge in [0.1, 0.15) is 22.2 Å². The highest BCUT2D eigenvalue weighted by molar-refractivity contribution is 7.89. The number of likely N-dealkylation sites (N-methyl/N-ethyl adjacent to an activating group) is 1. The van der Waals surface area contributed by atoms with E-state index in [2.05, 4.69) is 5.32 Å². The molecule has 1 amide bonds.